The zero-order valence-electron chi connectivity index (χ0n) is 29.5. The second kappa shape index (κ2) is 17.2. The van der Waals surface area contributed by atoms with Crippen molar-refractivity contribution < 1.29 is 14.3 Å². The molecule has 0 aliphatic rings. The summed E-state index contributed by atoms with van der Waals surface area (Å²) in [6, 6.07) is 60.4. The van der Waals surface area contributed by atoms with Gasteiger partial charge in [0.05, 0.1) is 22.9 Å². The minimum atomic E-state index is -0.936. The number of nitrogens with one attached hydrogen (secondary N) is 2. The monoisotopic (exact) mass is 704 g/mol. The molecule has 2 N–H and O–H groups in total. The maximum atomic E-state index is 14.8. The van der Waals surface area contributed by atoms with Crippen molar-refractivity contribution >= 4 is 23.6 Å². The van der Waals surface area contributed by atoms with Gasteiger partial charge in [-0.3, -0.25) is 10.1 Å². The van der Waals surface area contributed by atoms with Crippen LogP contribution in [-0.2, 0) is 24.6 Å². The average molecular weight is 705 g/mol. The molecule has 0 aromatic heterocycles. The molecule has 0 fully saturated rings. The van der Waals surface area contributed by atoms with Gasteiger partial charge in [0.1, 0.15) is 6.04 Å². The minimum Gasteiger partial charge on any atom is -0.464 e. The molecule has 0 heterocycles. The average Bonchev–Trinajstić information content (AvgIpc) is 3.21. The highest BCUT2D eigenvalue weighted by atomic mass is 32.2. The van der Waals surface area contributed by atoms with Crippen LogP contribution < -0.4 is 10.6 Å². The highest BCUT2D eigenvalue weighted by Gasteiger charge is 2.43. The Labute approximate surface area is 311 Å². The van der Waals surface area contributed by atoms with Gasteiger partial charge in [-0.1, -0.05) is 182 Å². The Morgan fingerprint density at radius 1 is 0.558 bits per heavy atom. The first kappa shape index (κ1) is 36.4. The lowest BCUT2D eigenvalue weighted by Crippen LogP contribution is -2.58. The Kier molecular flexibility index (Phi) is 12.0. The fourth-order valence-electron chi connectivity index (χ4n) is 6.88. The molecule has 0 saturated heterocycles. The molecule has 52 heavy (non-hydrogen) atoms. The van der Waals surface area contributed by atoms with Crippen molar-refractivity contribution in [1.82, 2.24) is 10.6 Å². The van der Waals surface area contributed by atoms with Gasteiger partial charge in [0.15, 0.2) is 0 Å². The van der Waals surface area contributed by atoms with Crippen LogP contribution in [0.5, 0.6) is 0 Å². The molecule has 0 unspecified atom stereocenters. The van der Waals surface area contributed by atoms with E-state index in [0.29, 0.717) is 5.75 Å². The van der Waals surface area contributed by atoms with Gasteiger partial charge in [0, 0.05) is 5.75 Å². The number of esters is 1. The maximum Gasteiger partial charge on any atom is 0.328 e. The number of ether oxygens (including phenoxy) is 1. The summed E-state index contributed by atoms with van der Waals surface area (Å²) in [6.45, 7) is 3.66. The van der Waals surface area contributed by atoms with Crippen LogP contribution in [0.2, 0.25) is 0 Å². The number of hydrogen-bond acceptors (Lipinski definition) is 5. The molecule has 0 spiro atoms. The first-order chi connectivity index (χ1) is 25.5. The molecule has 6 rings (SSSR count). The van der Waals surface area contributed by atoms with E-state index < -0.39 is 28.3 Å². The number of carbonyl (C=O) groups is 2. The number of benzene rings is 6. The number of hydrogen-bond donors (Lipinski definition) is 2. The van der Waals surface area contributed by atoms with Crippen molar-refractivity contribution in [1.29, 1.82) is 0 Å². The highest BCUT2D eigenvalue weighted by Crippen LogP contribution is 2.49. The van der Waals surface area contributed by atoms with Crippen molar-refractivity contribution in [2.45, 2.75) is 36.2 Å². The predicted octanol–water partition coefficient (Wildman–Crippen LogP) is 8.73. The van der Waals surface area contributed by atoms with Gasteiger partial charge in [-0.2, -0.15) is 0 Å². The molecule has 0 bridgehead atoms. The molecule has 5 nitrogen and oxygen atoms in total. The molecule has 0 aliphatic heterocycles. The van der Waals surface area contributed by atoms with E-state index in [4.69, 9.17) is 4.74 Å². The minimum absolute atomic E-state index is 0.226. The summed E-state index contributed by atoms with van der Waals surface area (Å²) in [5.41, 5.74) is 5.29. The zero-order chi connectivity index (χ0) is 36.2. The largest absolute Gasteiger partial charge is 0.464 e. The van der Waals surface area contributed by atoms with Crippen LogP contribution in [0.25, 0.3) is 0 Å². The van der Waals surface area contributed by atoms with Gasteiger partial charge >= 0.3 is 5.97 Å². The van der Waals surface area contributed by atoms with Gasteiger partial charge in [-0.15, -0.1) is 11.8 Å². The van der Waals surface area contributed by atoms with Gasteiger partial charge in [-0.25, -0.2) is 4.79 Å². The van der Waals surface area contributed by atoms with Crippen LogP contribution in [0.1, 0.15) is 47.2 Å². The number of thioether (sulfide) groups is 1. The molecular formula is C46H44N2O3S. The third-order valence-corrected chi connectivity index (χ3v) is 11.0. The lowest BCUT2D eigenvalue weighted by molar-refractivity contribution is -0.147. The number of carbonyl (C=O) groups excluding carboxylic acids is 2. The van der Waals surface area contributed by atoms with Crippen molar-refractivity contribution in [3.05, 3.63) is 215 Å². The van der Waals surface area contributed by atoms with Gasteiger partial charge in [0.2, 0.25) is 5.91 Å². The quantitative estimate of drug-likeness (QED) is 0.0827. The lowest BCUT2D eigenvalue weighted by Gasteiger charge is -2.41. The molecule has 262 valence electrons. The first-order valence-electron chi connectivity index (χ1n) is 17.7. The smallest absolute Gasteiger partial charge is 0.328 e. The van der Waals surface area contributed by atoms with Crippen molar-refractivity contribution in [2.24, 2.45) is 0 Å². The van der Waals surface area contributed by atoms with E-state index >= 15 is 0 Å². The summed E-state index contributed by atoms with van der Waals surface area (Å²) in [5, 5.41) is 6.94. The summed E-state index contributed by atoms with van der Waals surface area (Å²) in [4.78, 5) is 27.6. The van der Waals surface area contributed by atoms with E-state index in [1.54, 1.807) is 25.6 Å². The molecule has 6 aromatic rings. The normalized spacial score (nSPS) is 12.7. The highest BCUT2D eigenvalue weighted by molar-refractivity contribution is 8.00. The fraction of sp³-hybridized carbons (Fsp3) is 0.174. The summed E-state index contributed by atoms with van der Waals surface area (Å²) < 4.78 is 4.63. The summed E-state index contributed by atoms with van der Waals surface area (Å²) in [5.74, 6) is -0.438. The predicted molar refractivity (Wildman–Crippen MR) is 212 cm³/mol. The maximum absolute atomic E-state index is 14.8. The van der Waals surface area contributed by atoms with E-state index in [9.17, 15) is 9.59 Å². The molecule has 0 radical (unpaired) electrons. The SMILES string of the molecule is CCOC(=O)[C@@H](C)NC(=O)[C@@H](CSC(c1ccccc1)(c1ccccc1)c1ccccc1)NC(c1ccccc1)(c1ccccc1)c1ccccc1. The van der Waals surface area contributed by atoms with Gasteiger partial charge in [0.25, 0.3) is 0 Å². The van der Waals surface area contributed by atoms with Crippen LogP contribution in [0.15, 0.2) is 182 Å². The van der Waals surface area contributed by atoms with Crippen LogP contribution in [0, 0.1) is 0 Å². The summed E-state index contributed by atoms with van der Waals surface area (Å²) >= 11 is 1.70. The zero-order valence-corrected chi connectivity index (χ0v) is 30.3. The van der Waals surface area contributed by atoms with Gasteiger partial charge in [-0.05, 0) is 47.2 Å². The van der Waals surface area contributed by atoms with Crippen molar-refractivity contribution in [3.8, 4) is 0 Å². The third kappa shape index (κ3) is 7.74. The molecule has 2 atom stereocenters. The fourth-order valence-corrected chi connectivity index (χ4v) is 8.44. The van der Waals surface area contributed by atoms with E-state index in [1.807, 2.05) is 72.8 Å². The lowest BCUT2D eigenvalue weighted by atomic mass is 9.76. The Balaban J connectivity index is 1.53. The van der Waals surface area contributed by atoms with Crippen LogP contribution in [-0.4, -0.2) is 36.3 Å². The topological polar surface area (TPSA) is 67.4 Å². The Morgan fingerprint density at radius 3 is 1.21 bits per heavy atom. The molecule has 0 saturated carbocycles. The Hall–Kier alpha value is -5.43. The van der Waals surface area contributed by atoms with Crippen LogP contribution >= 0.6 is 11.8 Å². The molecule has 0 aliphatic carbocycles. The van der Waals surface area contributed by atoms with E-state index in [1.165, 1.54) is 0 Å². The van der Waals surface area contributed by atoms with E-state index in [0.717, 1.165) is 33.4 Å². The number of rotatable bonds is 15. The Morgan fingerprint density at radius 2 is 0.885 bits per heavy atom. The summed E-state index contributed by atoms with van der Waals surface area (Å²) in [6.07, 6.45) is 0. The van der Waals surface area contributed by atoms with Gasteiger partial charge < -0.3 is 10.1 Å². The third-order valence-electron chi connectivity index (χ3n) is 9.33. The first-order valence-corrected chi connectivity index (χ1v) is 18.7. The molecular weight excluding hydrogens is 661 g/mol. The van der Waals surface area contributed by atoms with Crippen LogP contribution in [0.4, 0.5) is 0 Å². The van der Waals surface area contributed by atoms with Crippen molar-refractivity contribution in [2.75, 3.05) is 12.4 Å². The standard InChI is InChI=1S/C46H44N2O3S/c1-3-51-44(50)35(2)47-43(49)42(48-45(36-22-10-4-11-23-36,37-24-12-5-13-25-37)38-26-14-6-15-27-38)34-52-46(39-28-16-7-17-29-39,40-30-18-8-19-31-40)41-32-20-9-21-33-41/h4-33,35,42,48H,3,34H2,1-2H3,(H,47,49)/t35-,42-/m1/s1. The van der Waals surface area contributed by atoms with Crippen molar-refractivity contribution in [3.63, 3.8) is 0 Å². The van der Waals surface area contributed by atoms with E-state index in [-0.39, 0.29) is 12.5 Å². The molecule has 6 heteroatoms. The Bertz CT molecular complexity index is 1800. The summed E-state index contributed by atoms with van der Waals surface area (Å²) in [7, 11) is 0. The molecule has 6 aromatic carbocycles. The number of amides is 1. The molecule has 1 amide bonds. The van der Waals surface area contributed by atoms with Crippen LogP contribution in [0.3, 0.4) is 0 Å². The second-order valence-electron chi connectivity index (χ2n) is 12.6. The van der Waals surface area contributed by atoms with E-state index in [2.05, 4.69) is 120 Å². The second-order valence-corrected chi connectivity index (χ2v) is 13.9.